The van der Waals surface area contributed by atoms with Crippen LogP contribution in [0.5, 0.6) is 0 Å². The minimum Gasteiger partial charge on any atom is -0.391 e. The quantitative estimate of drug-likeness (QED) is 0.867. The highest BCUT2D eigenvalue weighted by atomic mass is 16.5. The average molecular weight is 368 g/mol. The van der Waals surface area contributed by atoms with Crippen molar-refractivity contribution in [3.05, 3.63) is 54.0 Å². The van der Waals surface area contributed by atoms with E-state index in [1.807, 2.05) is 24.3 Å². The molecule has 0 radical (unpaired) electrons. The molecule has 7 nitrogen and oxygen atoms in total. The molecule has 2 saturated heterocycles. The number of rotatable bonds is 4. The van der Waals surface area contributed by atoms with Gasteiger partial charge in [0.1, 0.15) is 5.82 Å². The van der Waals surface area contributed by atoms with Crippen LogP contribution in [-0.2, 0) is 11.2 Å². The lowest BCUT2D eigenvalue weighted by Crippen LogP contribution is -2.36. The molecule has 27 heavy (non-hydrogen) atoms. The Balaban J connectivity index is 1.39. The van der Waals surface area contributed by atoms with Gasteiger partial charge in [-0.3, -0.25) is 9.78 Å². The Kier molecular flexibility index (Phi) is 5.31. The third-order valence-corrected chi connectivity index (χ3v) is 5.27. The van der Waals surface area contributed by atoms with Crippen LogP contribution in [-0.4, -0.2) is 71.4 Å². The zero-order valence-electron chi connectivity index (χ0n) is 15.2. The molecule has 0 spiro atoms. The molecule has 1 amide bonds. The highest BCUT2D eigenvalue weighted by molar-refractivity contribution is 5.94. The fraction of sp³-hybridized carbons (Fsp3) is 0.450. The summed E-state index contributed by atoms with van der Waals surface area (Å²) in [6, 6.07) is 7.61. The number of ether oxygens (including phenoxy) is 1. The van der Waals surface area contributed by atoms with Crippen molar-refractivity contribution in [2.75, 3.05) is 44.3 Å². The summed E-state index contributed by atoms with van der Waals surface area (Å²) in [4.78, 5) is 25.2. The van der Waals surface area contributed by atoms with Crippen LogP contribution in [0.4, 0.5) is 5.82 Å². The van der Waals surface area contributed by atoms with Gasteiger partial charge in [0, 0.05) is 50.7 Å². The number of anilines is 1. The Bertz CT molecular complexity index is 763. The van der Waals surface area contributed by atoms with Gasteiger partial charge in [-0.2, -0.15) is 0 Å². The van der Waals surface area contributed by atoms with Crippen LogP contribution in [0, 0.1) is 5.92 Å². The molecule has 0 saturated carbocycles. The van der Waals surface area contributed by atoms with E-state index < -0.39 is 6.10 Å². The predicted octanol–water partition coefficient (Wildman–Crippen LogP) is 0.989. The topological polar surface area (TPSA) is 78.8 Å². The Morgan fingerprint density at radius 1 is 1.15 bits per heavy atom. The summed E-state index contributed by atoms with van der Waals surface area (Å²) in [5, 5.41) is 10.4. The van der Waals surface area contributed by atoms with Gasteiger partial charge in [0.05, 0.1) is 24.9 Å². The minimum atomic E-state index is -0.511. The number of carbonyl (C=O) groups excluding carboxylic acids is 1. The van der Waals surface area contributed by atoms with Crippen molar-refractivity contribution in [2.45, 2.75) is 12.5 Å². The van der Waals surface area contributed by atoms with E-state index in [1.165, 1.54) is 0 Å². The summed E-state index contributed by atoms with van der Waals surface area (Å²) in [6.07, 6.45) is 5.36. The molecular weight excluding hydrogens is 344 g/mol. The van der Waals surface area contributed by atoms with Crippen LogP contribution in [0.1, 0.15) is 15.9 Å². The predicted molar refractivity (Wildman–Crippen MR) is 101 cm³/mol. The van der Waals surface area contributed by atoms with E-state index in [-0.39, 0.29) is 11.8 Å². The zero-order valence-corrected chi connectivity index (χ0v) is 15.2. The molecule has 4 heterocycles. The van der Waals surface area contributed by atoms with Gasteiger partial charge in [0.2, 0.25) is 0 Å². The number of aromatic nitrogens is 2. The maximum atomic E-state index is 12.8. The highest BCUT2D eigenvalue weighted by Crippen LogP contribution is 2.23. The molecule has 2 fully saturated rings. The van der Waals surface area contributed by atoms with Gasteiger partial charge in [-0.1, -0.05) is 0 Å². The summed E-state index contributed by atoms with van der Waals surface area (Å²) in [5.41, 5.74) is 1.68. The van der Waals surface area contributed by atoms with Crippen LogP contribution >= 0.6 is 0 Å². The molecule has 4 rings (SSSR count). The molecule has 2 aromatic rings. The Labute approximate surface area is 158 Å². The molecule has 2 aromatic heterocycles. The maximum absolute atomic E-state index is 12.8. The minimum absolute atomic E-state index is 0.0388. The second kappa shape index (κ2) is 8.02. The summed E-state index contributed by atoms with van der Waals surface area (Å²) < 4.78 is 5.36. The van der Waals surface area contributed by atoms with E-state index in [0.29, 0.717) is 31.9 Å². The molecule has 2 atom stereocenters. The number of morpholine rings is 1. The first-order valence-corrected chi connectivity index (χ1v) is 9.36. The lowest BCUT2D eigenvalue weighted by Gasteiger charge is -2.27. The monoisotopic (exact) mass is 368 g/mol. The molecule has 0 aliphatic carbocycles. The fourth-order valence-corrected chi connectivity index (χ4v) is 3.72. The van der Waals surface area contributed by atoms with Gasteiger partial charge in [-0.05, 0) is 36.2 Å². The van der Waals surface area contributed by atoms with Crippen LogP contribution in [0.25, 0.3) is 0 Å². The van der Waals surface area contributed by atoms with Crippen molar-refractivity contribution >= 4 is 11.7 Å². The Morgan fingerprint density at radius 3 is 2.63 bits per heavy atom. The van der Waals surface area contributed by atoms with E-state index in [4.69, 9.17) is 4.74 Å². The van der Waals surface area contributed by atoms with Crippen LogP contribution < -0.4 is 4.90 Å². The third-order valence-electron chi connectivity index (χ3n) is 5.27. The van der Waals surface area contributed by atoms with Crippen molar-refractivity contribution < 1.29 is 14.6 Å². The van der Waals surface area contributed by atoms with Crippen molar-refractivity contribution in [1.82, 2.24) is 14.9 Å². The SMILES string of the molecule is O=C(c1ccc(N2CCOCC2)nc1)N1C[C@@H](Cc2ccncc2)[C@H](O)C1. The lowest BCUT2D eigenvalue weighted by atomic mass is 9.97. The Hall–Kier alpha value is -2.51. The molecule has 0 bridgehead atoms. The largest absolute Gasteiger partial charge is 0.391 e. The van der Waals surface area contributed by atoms with E-state index in [0.717, 1.165) is 30.9 Å². The average Bonchev–Trinajstić information content (AvgIpc) is 3.09. The van der Waals surface area contributed by atoms with E-state index >= 15 is 0 Å². The normalized spacial score (nSPS) is 22.9. The second-order valence-electron chi connectivity index (χ2n) is 7.10. The summed E-state index contributed by atoms with van der Waals surface area (Å²) in [5.74, 6) is 0.830. The first-order valence-electron chi connectivity index (χ1n) is 9.36. The Morgan fingerprint density at radius 2 is 1.93 bits per heavy atom. The number of likely N-dealkylation sites (tertiary alicyclic amines) is 1. The van der Waals surface area contributed by atoms with E-state index in [1.54, 1.807) is 23.5 Å². The zero-order chi connectivity index (χ0) is 18.6. The number of β-amino-alcohol motifs (C(OH)–C–C–N with tert-alkyl or cyclic N) is 1. The number of nitrogens with zero attached hydrogens (tertiary/aromatic N) is 4. The van der Waals surface area contributed by atoms with Crippen molar-refractivity contribution in [1.29, 1.82) is 0 Å². The first kappa shape index (κ1) is 17.9. The van der Waals surface area contributed by atoms with Crippen molar-refractivity contribution in [3.8, 4) is 0 Å². The van der Waals surface area contributed by atoms with Crippen LogP contribution in [0.15, 0.2) is 42.9 Å². The van der Waals surface area contributed by atoms with Crippen molar-refractivity contribution in [2.24, 2.45) is 5.92 Å². The number of carbonyl (C=O) groups is 1. The van der Waals surface area contributed by atoms with Gasteiger partial charge in [0.15, 0.2) is 0 Å². The molecular formula is C20H24N4O3. The molecule has 0 aromatic carbocycles. The lowest BCUT2D eigenvalue weighted by molar-refractivity contribution is 0.0764. The fourth-order valence-electron chi connectivity index (χ4n) is 3.72. The highest BCUT2D eigenvalue weighted by Gasteiger charge is 2.34. The first-order chi connectivity index (χ1) is 13.2. The van der Waals surface area contributed by atoms with Gasteiger partial charge < -0.3 is 19.6 Å². The maximum Gasteiger partial charge on any atom is 0.255 e. The molecule has 2 aliphatic rings. The molecule has 142 valence electrons. The number of pyridine rings is 2. The molecule has 2 aliphatic heterocycles. The summed E-state index contributed by atoms with van der Waals surface area (Å²) >= 11 is 0. The summed E-state index contributed by atoms with van der Waals surface area (Å²) in [6.45, 7) is 3.94. The van der Waals surface area contributed by atoms with Gasteiger partial charge in [0.25, 0.3) is 5.91 Å². The second-order valence-corrected chi connectivity index (χ2v) is 7.10. The van der Waals surface area contributed by atoms with Gasteiger partial charge in [-0.25, -0.2) is 4.98 Å². The summed E-state index contributed by atoms with van der Waals surface area (Å²) in [7, 11) is 0. The van der Waals surface area contributed by atoms with Gasteiger partial charge in [-0.15, -0.1) is 0 Å². The number of aliphatic hydroxyl groups excluding tert-OH is 1. The number of aliphatic hydroxyl groups is 1. The van der Waals surface area contributed by atoms with Gasteiger partial charge >= 0.3 is 0 Å². The van der Waals surface area contributed by atoms with E-state index in [2.05, 4.69) is 14.9 Å². The number of amides is 1. The van der Waals surface area contributed by atoms with Crippen LogP contribution in [0.2, 0.25) is 0 Å². The smallest absolute Gasteiger partial charge is 0.255 e. The molecule has 1 N–H and O–H groups in total. The third kappa shape index (κ3) is 4.09. The number of hydrogen-bond donors (Lipinski definition) is 1. The molecule has 7 heteroatoms. The van der Waals surface area contributed by atoms with E-state index in [9.17, 15) is 9.90 Å². The standard InChI is InChI=1S/C20H24N4O3/c25-18-14-24(13-17(18)11-15-3-5-21-6-4-15)20(26)16-1-2-19(22-12-16)23-7-9-27-10-8-23/h1-6,12,17-18,25H,7-11,13-14H2/t17-,18-/m1/s1. The van der Waals surface area contributed by atoms with Crippen molar-refractivity contribution in [3.63, 3.8) is 0 Å². The number of hydrogen-bond acceptors (Lipinski definition) is 6. The molecule has 0 unspecified atom stereocenters. The van der Waals surface area contributed by atoms with Crippen LogP contribution in [0.3, 0.4) is 0 Å².